The van der Waals surface area contributed by atoms with Crippen LogP contribution in [0, 0.1) is 0 Å². The van der Waals surface area contributed by atoms with Crippen LogP contribution >= 0.6 is 11.3 Å². The van der Waals surface area contributed by atoms with E-state index in [1.54, 1.807) is 0 Å². The highest BCUT2D eigenvalue weighted by molar-refractivity contribution is 7.25. The minimum absolute atomic E-state index is 0.873. The molecular weight excluding hydrogens is 422 g/mol. The standard InChI is InChI=1S/C29H19N3S/c1-2-8-18(9-3-1)27-28(32-29(31-27)23-17-30-24-12-6-4-10-20(23)24)19-14-15-22-21-11-5-7-13-25(21)33-26(22)16-19/h1-17,30H,(H,31,32). The van der Waals surface area contributed by atoms with Crippen molar-refractivity contribution in [3.8, 4) is 33.9 Å². The molecule has 4 heteroatoms. The maximum absolute atomic E-state index is 5.14. The van der Waals surface area contributed by atoms with Crippen molar-refractivity contribution in [3.63, 3.8) is 0 Å². The first kappa shape index (κ1) is 18.4. The number of aromatic amines is 2. The lowest BCUT2D eigenvalue weighted by molar-refractivity contribution is 1.31. The Hall–Kier alpha value is -4.15. The Morgan fingerprint density at radius 3 is 2.30 bits per heavy atom. The number of benzene rings is 4. The van der Waals surface area contributed by atoms with Crippen molar-refractivity contribution in [3.05, 3.63) is 103 Å². The van der Waals surface area contributed by atoms with Crippen molar-refractivity contribution in [1.29, 1.82) is 0 Å². The van der Waals surface area contributed by atoms with Crippen molar-refractivity contribution in [1.82, 2.24) is 15.0 Å². The number of hydrogen-bond acceptors (Lipinski definition) is 2. The monoisotopic (exact) mass is 441 g/mol. The number of thiophene rings is 1. The molecule has 2 N–H and O–H groups in total. The number of nitrogens with one attached hydrogen (secondary N) is 2. The molecule has 0 unspecified atom stereocenters. The summed E-state index contributed by atoms with van der Waals surface area (Å²) in [6, 6.07) is 34.1. The Balaban J connectivity index is 1.46. The molecule has 7 aromatic rings. The van der Waals surface area contributed by atoms with Gasteiger partial charge in [0.2, 0.25) is 0 Å². The molecule has 0 aliphatic rings. The molecule has 0 spiro atoms. The molecule has 0 radical (unpaired) electrons. The van der Waals surface area contributed by atoms with E-state index in [0.717, 1.165) is 44.8 Å². The lowest BCUT2D eigenvalue weighted by Gasteiger charge is -2.03. The van der Waals surface area contributed by atoms with Gasteiger partial charge in [-0.2, -0.15) is 0 Å². The molecule has 156 valence electrons. The zero-order valence-corrected chi connectivity index (χ0v) is 18.5. The topological polar surface area (TPSA) is 44.5 Å². The second kappa shape index (κ2) is 7.19. The summed E-state index contributed by atoms with van der Waals surface area (Å²) in [4.78, 5) is 12.2. The first-order valence-electron chi connectivity index (χ1n) is 11.0. The van der Waals surface area contributed by atoms with E-state index in [2.05, 4.69) is 94.9 Å². The van der Waals surface area contributed by atoms with Crippen LogP contribution in [0.4, 0.5) is 0 Å². The van der Waals surface area contributed by atoms with Crippen LogP contribution < -0.4 is 0 Å². The minimum atomic E-state index is 0.873. The van der Waals surface area contributed by atoms with Gasteiger partial charge in [-0.05, 0) is 18.2 Å². The maximum atomic E-state index is 5.14. The molecule has 0 saturated heterocycles. The van der Waals surface area contributed by atoms with E-state index in [4.69, 9.17) is 4.98 Å². The molecule has 7 rings (SSSR count). The highest BCUT2D eigenvalue weighted by atomic mass is 32.1. The molecule has 0 aliphatic heterocycles. The maximum Gasteiger partial charge on any atom is 0.140 e. The van der Waals surface area contributed by atoms with Crippen LogP contribution in [-0.4, -0.2) is 15.0 Å². The van der Waals surface area contributed by atoms with Crippen LogP contribution in [0.2, 0.25) is 0 Å². The summed E-state index contributed by atoms with van der Waals surface area (Å²) in [5.74, 6) is 0.873. The van der Waals surface area contributed by atoms with Gasteiger partial charge >= 0.3 is 0 Å². The lowest BCUT2D eigenvalue weighted by Crippen LogP contribution is -1.83. The molecule has 3 heterocycles. The van der Waals surface area contributed by atoms with Gasteiger partial charge in [-0.3, -0.25) is 0 Å². The van der Waals surface area contributed by atoms with E-state index in [-0.39, 0.29) is 0 Å². The first-order valence-corrected chi connectivity index (χ1v) is 11.8. The number of H-pyrrole nitrogens is 2. The van der Waals surface area contributed by atoms with Gasteiger partial charge in [0.05, 0.1) is 11.4 Å². The SMILES string of the molecule is c1ccc(-c2[nH]c(-c3c[nH]c4ccccc34)nc2-c2ccc3c(c2)sc2ccccc23)cc1. The van der Waals surface area contributed by atoms with Gasteiger partial charge in [0.25, 0.3) is 0 Å². The van der Waals surface area contributed by atoms with Gasteiger partial charge in [0.15, 0.2) is 0 Å². The van der Waals surface area contributed by atoms with Crippen molar-refractivity contribution < 1.29 is 0 Å². The lowest BCUT2D eigenvalue weighted by atomic mass is 10.0. The summed E-state index contributed by atoms with van der Waals surface area (Å²) in [6.45, 7) is 0. The summed E-state index contributed by atoms with van der Waals surface area (Å²) in [7, 11) is 0. The Morgan fingerprint density at radius 2 is 1.39 bits per heavy atom. The normalized spacial score (nSPS) is 11.6. The van der Waals surface area contributed by atoms with Gasteiger partial charge in [-0.25, -0.2) is 4.98 Å². The van der Waals surface area contributed by atoms with Crippen LogP contribution in [0.15, 0.2) is 103 Å². The summed E-state index contributed by atoms with van der Waals surface area (Å²) in [5.41, 5.74) is 6.45. The highest BCUT2D eigenvalue weighted by Gasteiger charge is 2.18. The van der Waals surface area contributed by atoms with Gasteiger partial charge in [0.1, 0.15) is 5.82 Å². The van der Waals surface area contributed by atoms with Crippen LogP contribution in [0.5, 0.6) is 0 Å². The predicted octanol–water partition coefficient (Wildman–Crippen LogP) is 8.26. The molecule has 3 aromatic heterocycles. The Bertz CT molecular complexity index is 1770. The third kappa shape index (κ3) is 2.92. The number of fused-ring (bicyclic) bond motifs is 4. The van der Waals surface area contributed by atoms with Crippen LogP contribution in [-0.2, 0) is 0 Å². The molecule has 4 aromatic carbocycles. The fourth-order valence-corrected chi connectivity index (χ4v) is 5.81. The zero-order chi connectivity index (χ0) is 21.8. The number of para-hydroxylation sites is 1. The first-order chi connectivity index (χ1) is 16.3. The average molecular weight is 442 g/mol. The Kier molecular flexibility index (Phi) is 4.01. The van der Waals surface area contributed by atoms with Gasteiger partial charge < -0.3 is 9.97 Å². The van der Waals surface area contributed by atoms with Crippen molar-refractivity contribution in [2.24, 2.45) is 0 Å². The molecule has 0 atom stereocenters. The molecule has 3 nitrogen and oxygen atoms in total. The Morgan fingerprint density at radius 1 is 0.636 bits per heavy atom. The molecule has 0 saturated carbocycles. The van der Waals surface area contributed by atoms with Gasteiger partial charge in [-0.1, -0.05) is 78.9 Å². The molecule has 0 amide bonds. The molecule has 0 bridgehead atoms. The van der Waals surface area contributed by atoms with Crippen molar-refractivity contribution in [2.75, 3.05) is 0 Å². The summed E-state index contributed by atoms with van der Waals surface area (Å²) >= 11 is 1.84. The zero-order valence-electron chi connectivity index (χ0n) is 17.7. The number of nitrogens with zero attached hydrogens (tertiary/aromatic N) is 1. The third-order valence-corrected chi connectivity index (χ3v) is 7.40. The van der Waals surface area contributed by atoms with Crippen LogP contribution in [0.25, 0.3) is 65.0 Å². The van der Waals surface area contributed by atoms with Crippen LogP contribution in [0.3, 0.4) is 0 Å². The third-order valence-electron chi connectivity index (χ3n) is 6.26. The number of aromatic nitrogens is 3. The average Bonchev–Trinajstić information content (AvgIpc) is 3.58. The number of rotatable bonds is 3. The second-order valence-corrected chi connectivity index (χ2v) is 9.32. The molecule has 33 heavy (non-hydrogen) atoms. The molecule has 0 fully saturated rings. The quantitative estimate of drug-likeness (QED) is 0.285. The summed E-state index contributed by atoms with van der Waals surface area (Å²) in [6.07, 6.45) is 2.04. The second-order valence-electron chi connectivity index (χ2n) is 8.23. The smallest absolute Gasteiger partial charge is 0.140 e. The fraction of sp³-hybridized carbons (Fsp3) is 0. The summed E-state index contributed by atoms with van der Waals surface area (Å²) in [5, 5.41) is 3.78. The Labute approximate surface area is 194 Å². The minimum Gasteiger partial charge on any atom is -0.360 e. The van der Waals surface area contributed by atoms with Crippen LogP contribution in [0.1, 0.15) is 0 Å². The van der Waals surface area contributed by atoms with E-state index in [9.17, 15) is 0 Å². The largest absolute Gasteiger partial charge is 0.360 e. The van der Waals surface area contributed by atoms with E-state index in [1.807, 2.05) is 29.7 Å². The van der Waals surface area contributed by atoms with Gasteiger partial charge in [0, 0.05) is 54.0 Å². The molecule has 0 aliphatic carbocycles. The number of imidazole rings is 1. The van der Waals surface area contributed by atoms with Gasteiger partial charge in [-0.15, -0.1) is 11.3 Å². The van der Waals surface area contributed by atoms with E-state index < -0.39 is 0 Å². The highest BCUT2D eigenvalue weighted by Crippen LogP contribution is 2.39. The van der Waals surface area contributed by atoms with E-state index >= 15 is 0 Å². The van der Waals surface area contributed by atoms with Crippen molar-refractivity contribution in [2.45, 2.75) is 0 Å². The predicted molar refractivity (Wildman–Crippen MR) is 140 cm³/mol. The van der Waals surface area contributed by atoms with E-state index in [0.29, 0.717) is 0 Å². The summed E-state index contributed by atoms with van der Waals surface area (Å²) < 4.78 is 2.60. The van der Waals surface area contributed by atoms with Crippen molar-refractivity contribution >= 4 is 42.4 Å². The number of hydrogen-bond donors (Lipinski definition) is 2. The fourth-order valence-electron chi connectivity index (χ4n) is 4.66. The molecular formula is C29H19N3S. The van der Waals surface area contributed by atoms with E-state index in [1.165, 1.54) is 20.2 Å².